The number of phenolic OH excluding ortho intramolecular Hbond substituents is 1. The number of hydrogen-bond acceptors (Lipinski definition) is 3. The maximum Gasteiger partial charge on any atom is 0.227 e. The Hall–Kier alpha value is -1.55. The summed E-state index contributed by atoms with van der Waals surface area (Å²) in [4.78, 5) is 14.1. The second-order valence-corrected chi connectivity index (χ2v) is 5.42. The third kappa shape index (κ3) is 3.47. The number of methoxy groups -OCH3 is 1. The molecular weight excluding hydrogens is 242 g/mol. The van der Waals surface area contributed by atoms with Crippen molar-refractivity contribution in [2.24, 2.45) is 0 Å². The molecule has 1 saturated heterocycles. The Morgan fingerprint density at radius 1 is 1.53 bits per heavy atom. The van der Waals surface area contributed by atoms with Crippen LogP contribution in [0.25, 0.3) is 0 Å². The molecule has 4 nitrogen and oxygen atoms in total. The molecule has 0 aromatic heterocycles. The molecule has 1 N–H and O–H groups in total. The lowest BCUT2D eigenvalue weighted by Crippen LogP contribution is -2.50. The Morgan fingerprint density at radius 2 is 2.32 bits per heavy atom. The molecule has 1 aromatic carbocycles. The first-order chi connectivity index (χ1) is 9.02. The molecule has 1 aliphatic heterocycles. The molecule has 0 bridgehead atoms. The summed E-state index contributed by atoms with van der Waals surface area (Å²) in [5, 5.41) is 9.41. The van der Waals surface area contributed by atoms with Gasteiger partial charge in [-0.05, 0) is 37.5 Å². The minimum atomic E-state index is -0.229. The van der Waals surface area contributed by atoms with E-state index in [1.54, 1.807) is 25.3 Å². The van der Waals surface area contributed by atoms with E-state index in [0.717, 1.165) is 24.9 Å². The van der Waals surface area contributed by atoms with Crippen LogP contribution in [0.5, 0.6) is 5.75 Å². The highest BCUT2D eigenvalue weighted by atomic mass is 16.5. The molecule has 1 aliphatic rings. The molecule has 1 fully saturated rings. The predicted molar refractivity (Wildman–Crippen MR) is 73.0 cm³/mol. The average molecular weight is 263 g/mol. The average Bonchev–Trinajstić information content (AvgIpc) is 2.39. The SMILES string of the molecule is COC1(C)CCCN(C(=O)Cc2cccc(O)c2)C1. The van der Waals surface area contributed by atoms with Crippen molar-refractivity contribution in [1.82, 2.24) is 4.90 Å². The van der Waals surface area contributed by atoms with E-state index < -0.39 is 0 Å². The summed E-state index contributed by atoms with van der Waals surface area (Å²) in [7, 11) is 1.70. The highest BCUT2D eigenvalue weighted by Gasteiger charge is 2.32. The van der Waals surface area contributed by atoms with Crippen molar-refractivity contribution in [1.29, 1.82) is 0 Å². The molecule has 104 valence electrons. The van der Waals surface area contributed by atoms with E-state index in [2.05, 4.69) is 0 Å². The molecule has 19 heavy (non-hydrogen) atoms. The van der Waals surface area contributed by atoms with Crippen LogP contribution in [0.15, 0.2) is 24.3 Å². The highest BCUT2D eigenvalue weighted by molar-refractivity contribution is 5.79. The van der Waals surface area contributed by atoms with Crippen LogP contribution in [0.4, 0.5) is 0 Å². The summed E-state index contributed by atoms with van der Waals surface area (Å²) >= 11 is 0. The van der Waals surface area contributed by atoms with Crippen LogP contribution >= 0.6 is 0 Å². The summed E-state index contributed by atoms with van der Waals surface area (Å²) in [6.45, 7) is 3.47. The number of carbonyl (C=O) groups excluding carboxylic acids is 1. The number of benzene rings is 1. The van der Waals surface area contributed by atoms with Crippen LogP contribution in [0, 0.1) is 0 Å². The summed E-state index contributed by atoms with van der Waals surface area (Å²) in [6.07, 6.45) is 2.28. The van der Waals surface area contributed by atoms with Gasteiger partial charge in [0.1, 0.15) is 5.75 Å². The van der Waals surface area contributed by atoms with Gasteiger partial charge < -0.3 is 14.7 Å². The fraction of sp³-hybridized carbons (Fsp3) is 0.533. The zero-order chi connectivity index (χ0) is 13.9. The van der Waals surface area contributed by atoms with Gasteiger partial charge in [0.2, 0.25) is 5.91 Å². The van der Waals surface area contributed by atoms with Crippen LogP contribution < -0.4 is 0 Å². The highest BCUT2D eigenvalue weighted by Crippen LogP contribution is 2.24. The maximum absolute atomic E-state index is 12.3. The lowest BCUT2D eigenvalue weighted by Gasteiger charge is -2.39. The molecule has 0 aliphatic carbocycles. The van der Waals surface area contributed by atoms with Gasteiger partial charge in [-0.3, -0.25) is 4.79 Å². The van der Waals surface area contributed by atoms with Crippen molar-refractivity contribution in [2.75, 3.05) is 20.2 Å². The number of rotatable bonds is 3. The summed E-state index contributed by atoms with van der Waals surface area (Å²) in [5.41, 5.74) is 0.613. The Balaban J connectivity index is 2.00. The van der Waals surface area contributed by atoms with Gasteiger partial charge in [-0.1, -0.05) is 12.1 Å². The zero-order valence-corrected chi connectivity index (χ0v) is 11.6. The van der Waals surface area contributed by atoms with E-state index in [1.807, 2.05) is 17.9 Å². The lowest BCUT2D eigenvalue weighted by molar-refractivity contribution is -0.138. The van der Waals surface area contributed by atoms with Crippen molar-refractivity contribution in [3.8, 4) is 5.75 Å². The molecule has 1 unspecified atom stereocenters. The Bertz CT molecular complexity index is 460. The van der Waals surface area contributed by atoms with Crippen LogP contribution in [0.2, 0.25) is 0 Å². The number of hydrogen-bond donors (Lipinski definition) is 1. The number of likely N-dealkylation sites (tertiary alicyclic amines) is 1. The Kier molecular flexibility index (Phi) is 4.10. The van der Waals surface area contributed by atoms with E-state index in [0.29, 0.717) is 13.0 Å². The van der Waals surface area contributed by atoms with Gasteiger partial charge in [0, 0.05) is 20.2 Å². The van der Waals surface area contributed by atoms with E-state index in [1.165, 1.54) is 0 Å². The number of nitrogens with zero attached hydrogens (tertiary/aromatic N) is 1. The van der Waals surface area contributed by atoms with Gasteiger partial charge in [0.15, 0.2) is 0 Å². The first-order valence-corrected chi connectivity index (χ1v) is 6.63. The largest absolute Gasteiger partial charge is 0.508 e. The minimum Gasteiger partial charge on any atom is -0.508 e. The Labute approximate surface area is 114 Å². The number of piperidine rings is 1. The van der Waals surface area contributed by atoms with E-state index in [-0.39, 0.29) is 17.3 Å². The van der Waals surface area contributed by atoms with Crippen molar-refractivity contribution in [3.05, 3.63) is 29.8 Å². The number of carbonyl (C=O) groups is 1. The first kappa shape index (κ1) is 13.9. The van der Waals surface area contributed by atoms with Crippen LogP contribution in [0.1, 0.15) is 25.3 Å². The number of amides is 1. The van der Waals surface area contributed by atoms with Crippen LogP contribution in [-0.2, 0) is 16.0 Å². The van der Waals surface area contributed by atoms with Gasteiger partial charge in [-0.2, -0.15) is 0 Å². The second kappa shape index (κ2) is 5.61. The molecule has 1 aromatic rings. The van der Waals surface area contributed by atoms with E-state index in [4.69, 9.17) is 4.74 Å². The molecule has 0 saturated carbocycles. The van der Waals surface area contributed by atoms with Crippen LogP contribution in [0.3, 0.4) is 0 Å². The number of aromatic hydroxyl groups is 1. The summed E-state index contributed by atoms with van der Waals surface area (Å²) in [5.74, 6) is 0.291. The molecule has 2 rings (SSSR count). The molecule has 1 amide bonds. The first-order valence-electron chi connectivity index (χ1n) is 6.63. The van der Waals surface area contributed by atoms with Gasteiger partial charge in [-0.15, -0.1) is 0 Å². The predicted octanol–water partition coefficient (Wildman–Crippen LogP) is 1.96. The zero-order valence-electron chi connectivity index (χ0n) is 11.6. The number of ether oxygens (including phenoxy) is 1. The normalized spacial score (nSPS) is 23.4. The Morgan fingerprint density at radius 3 is 3.00 bits per heavy atom. The third-order valence-corrected chi connectivity index (χ3v) is 3.77. The molecule has 1 heterocycles. The van der Waals surface area contributed by atoms with Gasteiger partial charge >= 0.3 is 0 Å². The second-order valence-electron chi connectivity index (χ2n) is 5.42. The minimum absolute atomic E-state index is 0.0913. The van der Waals surface area contributed by atoms with Crippen molar-refractivity contribution < 1.29 is 14.6 Å². The molecular formula is C15H21NO3. The summed E-state index contributed by atoms with van der Waals surface area (Å²) < 4.78 is 5.49. The smallest absolute Gasteiger partial charge is 0.227 e. The third-order valence-electron chi connectivity index (χ3n) is 3.77. The van der Waals surface area contributed by atoms with E-state index in [9.17, 15) is 9.90 Å². The van der Waals surface area contributed by atoms with Crippen molar-refractivity contribution in [3.63, 3.8) is 0 Å². The monoisotopic (exact) mass is 263 g/mol. The number of phenols is 1. The van der Waals surface area contributed by atoms with Gasteiger partial charge in [-0.25, -0.2) is 0 Å². The fourth-order valence-electron chi connectivity index (χ4n) is 2.54. The summed E-state index contributed by atoms with van der Waals surface area (Å²) in [6, 6.07) is 6.86. The maximum atomic E-state index is 12.3. The molecule has 0 radical (unpaired) electrons. The van der Waals surface area contributed by atoms with E-state index >= 15 is 0 Å². The standard InChI is InChI=1S/C15H21NO3/c1-15(19-2)7-4-8-16(11-15)14(18)10-12-5-3-6-13(17)9-12/h3,5-6,9,17H,4,7-8,10-11H2,1-2H3. The molecule has 4 heteroatoms. The van der Waals surface area contributed by atoms with Crippen molar-refractivity contribution >= 4 is 5.91 Å². The topological polar surface area (TPSA) is 49.8 Å². The molecule has 1 atom stereocenters. The van der Waals surface area contributed by atoms with Gasteiger partial charge in [0.05, 0.1) is 12.0 Å². The quantitative estimate of drug-likeness (QED) is 0.907. The lowest BCUT2D eigenvalue weighted by atomic mass is 9.94. The van der Waals surface area contributed by atoms with Crippen LogP contribution in [-0.4, -0.2) is 41.7 Å². The fourth-order valence-corrected chi connectivity index (χ4v) is 2.54. The van der Waals surface area contributed by atoms with Gasteiger partial charge in [0.25, 0.3) is 0 Å². The molecule has 0 spiro atoms. The van der Waals surface area contributed by atoms with Crippen molar-refractivity contribution in [2.45, 2.75) is 31.8 Å².